The van der Waals surface area contributed by atoms with Crippen LogP contribution in [0.3, 0.4) is 0 Å². The average molecular weight is 276 g/mol. The lowest BCUT2D eigenvalue weighted by Crippen LogP contribution is -2.31. The zero-order valence-corrected chi connectivity index (χ0v) is 12.7. The number of benzene rings is 1. The van der Waals surface area contributed by atoms with Gasteiger partial charge in [0.15, 0.2) is 0 Å². The number of hydrogen-bond donors (Lipinski definition) is 1. The third-order valence-electron chi connectivity index (χ3n) is 4.04. The van der Waals surface area contributed by atoms with Gasteiger partial charge in [0.2, 0.25) is 0 Å². The van der Waals surface area contributed by atoms with Crippen LogP contribution in [0.15, 0.2) is 29.8 Å². The van der Waals surface area contributed by atoms with E-state index >= 15 is 0 Å². The second kappa shape index (κ2) is 6.06. The summed E-state index contributed by atoms with van der Waals surface area (Å²) in [6.45, 7) is 10.1. The van der Waals surface area contributed by atoms with Gasteiger partial charge in [-0.05, 0) is 35.1 Å². The molecule has 0 amide bonds. The fourth-order valence-electron chi connectivity index (χ4n) is 2.72. The van der Waals surface area contributed by atoms with E-state index in [-0.39, 0.29) is 11.2 Å². The molecule has 0 saturated carbocycles. The Bertz CT molecular complexity index is 500. The van der Waals surface area contributed by atoms with Crippen LogP contribution in [-0.2, 0) is 13.1 Å². The molecule has 0 bridgehead atoms. The van der Waals surface area contributed by atoms with Crippen molar-refractivity contribution in [3.05, 3.63) is 46.8 Å². The standard InChI is InChI=1S/C17H25FN2/c1-17(2,3)15-6-8-20(9-7-15)12-13-4-5-16(18)10-14(13)11-19/h4-6,10H,7-9,11-12,19H2,1-3H3. The van der Waals surface area contributed by atoms with E-state index in [0.717, 1.165) is 37.2 Å². The molecule has 110 valence electrons. The summed E-state index contributed by atoms with van der Waals surface area (Å²) in [4.78, 5) is 2.39. The maximum Gasteiger partial charge on any atom is 0.123 e. The SMILES string of the molecule is CC(C)(C)C1=CCN(Cc2ccc(F)cc2CN)CC1. The Morgan fingerprint density at radius 2 is 2.00 bits per heavy atom. The summed E-state index contributed by atoms with van der Waals surface area (Å²) in [6, 6.07) is 4.94. The number of rotatable bonds is 3. The quantitative estimate of drug-likeness (QED) is 0.857. The van der Waals surface area contributed by atoms with Gasteiger partial charge >= 0.3 is 0 Å². The largest absolute Gasteiger partial charge is 0.326 e. The first-order valence-corrected chi connectivity index (χ1v) is 7.29. The zero-order chi connectivity index (χ0) is 14.8. The van der Waals surface area contributed by atoms with E-state index in [9.17, 15) is 4.39 Å². The van der Waals surface area contributed by atoms with E-state index in [1.165, 1.54) is 11.6 Å². The van der Waals surface area contributed by atoms with Gasteiger partial charge in [-0.1, -0.05) is 38.5 Å². The van der Waals surface area contributed by atoms with Crippen LogP contribution in [0.2, 0.25) is 0 Å². The van der Waals surface area contributed by atoms with E-state index < -0.39 is 0 Å². The summed E-state index contributed by atoms with van der Waals surface area (Å²) in [5.74, 6) is -0.206. The van der Waals surface area contributed by atoms with Crippen molar-refractivity contribution in [1.82, 2.24) is 4.90 Å². The summed E-state index contributed by atoms with van der Waals surface area (Å²) in [5, 5.41) is 0. The monoisotopic (exact) mass is 276 g/mol. The van der Waals surface area contributed by atoms with E-state index in [1.807, 2.05) is 6.07 Å². The highest BCUT2D eigenvalue weighted by atomic mass is 19.1. The first-order valence-electron chi connectivity index (χ1n) is 7.29. The van der Waals surface area contributed by atoms with E-state index in [0.29, 0.717) is 6.54 Å². The highest BCUT2D eigenvalue weighted by Crippen LogP contribution is 2.30. The number of nitrogens with two attached hydrogens (primary N) is 1. The van der Waals surface area contributed by atoms with Crippen LogP contribution in [0.5, 0.6) is 0 Å². The molecule has 0 radical (unpaired) electrons. The van der Waals surface area contributed by atoms with Gasteiger partial charge in [-0.3, -0.25) is 4.90 Å². The van der Waals surface area contributed by atoms with Crippen molar-refractivity contribution in [3.63, 3.8) is 0 Å². The third-order valence-corrected chi connectivity index (χ3v) is 4.04. The molecule has 1 aliphatic heterocycles. The molecule has 0 unspecified atom stereocenters. The molecule has 1 aromatic rings. The Morgan fingerprint density at radius 3 is 2.55 bits per heavy atom. The third kappa shape index (κ3) is 3.68. The lowest BCUT2D eigenvalue weighted by Gasteiger charge is -2.32. The minimum absolute atomic E-state index is 0.206. The molecular weight excluding hydrogens is 251 g/mol. The molecule has 0 spiro atoms. The van der Waals surface area contributed by atoms with Gasteiger partial charge in [-0.2, -0.15) is 0 Å². The molecular formula is C17H25FN2. The van der Waals surface area contributed by atoms with Gasteiger partial charge in [0.05, 0.1) is 0 Å². The molecule has 1 aromatic carbocycles. The van der Waals surface area contributed by atoms with Gasteiger partial charge in [0.1, 0.15) is 5.82 Å². The van der Waals surface area contributed by atoms with E-state index in [1.54, 1.807) is 6.07 Å². The molecule has 1 aliphatic rings. The number of hydrogen-bond acceptors (Lipinski definition) is 2. The summed E-state index contributed by atoms with van der Waals surface area (Å²) in [7, 11) is 0. The second-order valence-corrected chi connectivity index (χ2v) is 6.58. The van der Waals surface area contributed by atoms with Crippen molar-refractivity contribution < 1.29 is 4.39 Å². The predicted molar refractivity (Wildman–Crippen MR) is 81.7 cm³/mol. The molecule has 0 atom stereocenters. The Balaban J connectivity index is 2.05. The minimum atomic E-state index is -0.206. The Morgan fingerprint density at radius 1 is 1.25 bits per heavy atom. The van der Waals surface area contributed by atoms with Gasteiger partial charge in [-0.15, -0.1) is 0 Å². The normalized spacial score (nSPS) is 17.1. The van der Waals surface area contributed by atoms with Crippen molar-refractivity contribution in [2.45, 2.75) is 40.3 Å². The molecule has 0 aliphatic carbocycles. The summed E-state index contributed by atoms with van der Waals surface area (Å²) < 4.78 is 13.2. The molecule has 20 heavy (non-hydrogen) atoms. The number of halogens is 1. The minimum Gasteiger partial charge on any atom is -0.326 e. The molecule has 0 aromatic heterocycles. The Labute approximate surface area is 121 Å². The van der Waals surface area contributed by atoms with Crippen molar-refractivity contribution in [2.75, 3.05) is 13.1 Å². The maximum atomic E-state index is 13.2. The molecule has 0 saturated heterocycles. The second-order valence-electron chi connectivity index (χ2n) is 6.58. The molecule has 2 nitrogen and oxygen atoms in total. The molecule has 2 rings (SSSR count). The topological polar surface area (TPSA) is 29.3 Å². The van der Waals surface area contributed by atoms with Crippen molar-refractivity contribution >= 4 is 0 Å². The summed E-state index contributed by atoms with van der Waals surface area (Å²) >= 11 is 0. The van der Waals surface area contributed by atoms with Crippen molar-refractivity contribution in [3.8, 4) is 0 Å². The highest BCUT2D eigenvalue weighted by molar-refractivity contribution is 5.28. The van der Waals surface area contributed by atoms with E-state index in [2.05, 4.69) is 31.7 Å². The van der Waals surface area contributed by atoms with Crippen LogP contribution in [0.4, 0.5) is 4.39 Å². The maximum absolute atomic E-state index is 13.2. The predicted octanol–water partition coefficient (Wildman–Crippen LogP) is 3.46. The Kier molecular flexibility index (Phi) is 4.61. The lowest BCUT2D eigenvalue weighted by atomic mass is 9.83. The van der Waals surface area contributed by atoms with Crippen LogP contribution < -0.4 is 5.73 Å². The molecule has 0 fully saturated rings. The van der Waals surface area contributed by atoms with Crippen LogP contribution in [0, 0.1) is 11.2 Å². The number of nitrogens with zero attached hydrogens (tertiary/aromatic N) is 1. The van der Waals surface area contributed by atoms with Gasteiger partial charge < -0.3 is 5.73 Å². The van der Waals surface area contributed by atoms with Crippen LogP contribution >= 0.6 is 0 Å². The van der Waals surface area contributed by atoms with Gasteiger partial charge in [-0.25, -0.2) is 4.39 Å². The van der Waals surface area contributed by atoms with Crippen LogP contribution in [0.1, 0.15) is 38.3 Å². The fraction of sp³-hybridized carbons (Fsp3) is 0.529. The molecule has 3 heteroatoms. The average Bonchev–Trinajstić information content (AvgIpc) is 2.40. The lowest BCUT2D eigenvalue weighted by molar-refractivity contribution is 0.270. The molecule has 1 heterocycles. The van der Waals surface area contributed by atoms with Crippen LogP contribution in [0.25, 0.3) is 0 Å². The van der Waals surface area contributed by atoms with Gasteiger partial charge in [0.25, 0.3) is 0 Å². The summed E-state index contributed by atoms with van der Waals surface area (Å²) in [5.41, 5.74) is 9.56. The van der Waals surface area contributed by atoms with E-state index in [4.69, 9.17) is 5.73 Å². The van der Waals surface area contributed by atoms with Gasteiger partial charge in [0, 0.05) is 26.2 Å². The smallest absolute Gasteiger partial charge is 0.123 e. The zero-order valence-electron chi connectivity index (χ0n) is 12.7. The first-order chi connectivity index (χ1) is 9.40. The Hall–Kier alpha value is -1.19. The van der Waals surface area contributed by atoms with Crippen LogP contribution in [-0.4, -0.2) is 18.0 Å². The van der Waals surface area contributed by atoms with Crippen molar-refractivity contribution in [2.24, 2.45) is 11.1 Å². The molecule has 2 N–H and O–H groups in total. The van der Waals surface area contributed by atoms with Crippen molar-refractivity contribution in [1.29, 1.82) is 0 Å². The first kappa shape index (κ1) is 15.2. The highest BCUT2D eigenvalue weighted by Gasteiger charge is 2.21. The summed E-state index contributed by atoms with van der Waals surface area (Å²) in [6.07, 6.45) is 3.46. The fourth-order valence-corrected chi connectivity index (χ4v) is 2.72.